The summed E-state index contributed by atoms with van der Waals surface area (Å²) in [6.45, 7) is 0. The van der Waals surface area contributed by atoms with Crippen LogP contribution in [0.2, 0.25) is 0 Å². The van der Waals surface area contributed by atoms with Gasteiger partial charge in [-0.25, -0.2) is 0 Å². The molecule has 0 aliphatic heterocycles. The topological polar surface area (TPSA) is 213 Å². The third kappa shape index (κ3) is 4.00. The Labute approximate surface area is 121 Å². The first-order valence-electron chi connectivity index (χ1n) is 4.94. The minimum absolute atomic E-state index is 0.214. The summed E-state index contributed by atoms with van der Waals surface area (Å²) in [5, 5.41) is 17.4. The maximum atomic E-state index is 11.4. The van der Waals surface area contributed by atoms with Crippen molar-refractivity contribution in [3.05, 3.63) is 0 Å². The fourth-order valence-electron chi connectivity index (χ4n) is 1.01. The summed E-state index contributed by atoms with van der Waals surface area (Å²) in [6, 6.07) is -3.25. The molecule has 10 nitrogen and oxygen atoms in total. The van der Waals surface area contributed by atoms with E-state index in [4.69, 9.17) is 33.1 Å². The summed E-state index contributed by atoms with van der Waals surface area (Å²) in [7, 11) is 1.05. The van der Waals surface area contributed by atoms with Crippen molar-refractivity contribution < 1.29 is 29.4 Å². The Bertz CT molecular complexity index is 417. The monoisotopic (exact) mass is 326 g/mol. The molecule has 0 fully saturated rings. The normalized spacial score (nSPS) is 14.3. The van der Waals surface area contributed by atoms with Crippen molar-refractivity contribution in [1.29, 1.82) is 0 Å². The molecule has 0 bridgehead atoms. The molecule has 0 rings (SSSR count). The number of amides is 2. The standard InChI is InChI=1S/C8H14N4O6S2/c9-2(4(13)14)1-19-20-8(6(11)17,7(12)18)3(10)5(15)16/h2-3H,1,9-10H2,(H2,11,17)(H2,12,18)(H,13,14)(H,15,16)/t2-,3+/m0/s1. The lowest BCUT2D eigenvalue weighted by atomic mass is 9.98. The van der Waals surface area contributed by atoms with Crippen LogP contribution in [0.5, 0.6) is 0 Å². The third-order valence-electron chi connectivity index (χ3n) is 2.19. The Morgan fingerprint density at radius 1 is 1.00 bits per heavy atom. The molecular formula is C8H14N4O6S2. The second-order valence-corrected chi connectivity index (χ2v) is 6.18. The fraction of sp³-hybridized carbons (Fsp3) is 0.500. The quantitative estimate of drug-likeness (QED) is 0.185. The molecule has 0 radical (unpaired) electrons. The Morgan fingerprint density at radius 2 is 1.45 bits per heavy atom. The van der Waals surface area contributed by atoms with Gasteiger partial charge >= 0.3 is 11.9 Å². The maximum absolute atomic E-state index is 11.4. The van der Waals surface area contributed by atoms with E-state index < -0.39 is 40.6 Å². The molecule has 0 aromatic heterocycles. The van der Waals surface area contributed by atoms with Gasteiger partial charge in [0.15, 0.2) is 0 Å². The minimum Gasteiger partial charge on any atom is -0.480 e. The molecule has 0 aromatic carbocycles. The summed E-state index contributed by atoms with van der Waals surface area (Å²) < 4.78 is -2.41. The number of hydrogen-bond donors (Lipinski definition) is 6. The highest BCUT2D eigenvalue weighted by Crippen LogP contribution is 2.38. The molecule has 20 heavy (non-hydrogen) atoms. The molecule has 0 aliphatic rings. The molecule has 0 unspecified atom stereocenters. The molecule has 12 heteroatoms. The van der Waals surface area contributed by atoms with Crippen LogP contribution in [0.25, 0.3) is 0 Å². The van der Waals surface area contributed by atoms with Crippen LogP contribution in [0.15, 0.2) is 0 Å². The first-order valence-corrected chi connectivity index (χ1v) is 7.26. The molecule has 0 saturated carbocycles. The predicted molar refractivity (Wildman–Crippen MR) is 72.4 cm³/mol. The zero-order valence-electron chi connectivity index (χ0n) is 10.0. The number of primary amides is 2. The van der Waals surface area contributed by atoms with Crippen LogP contribution >= 0.6 is 21.6 Å². The van der Waals surface area contributed by atoms with Gasteiger partial charge in [-0.1, -0.05) is 21.6 Å². The highest BCUT2D eigenvalue weighted by molar-refractivity contribution is 8.77. The van der Waals surface area contributed by atoms with Gasteiger partial charge in [0.25, 0.3) is 0 Å². The zero-order chi connectivity index (χ0) is 16.1. The van der Waals surface area contributed by atoms with Crippen molar-refractivity contribution in [2.24, 2.45) is 22.9 Å². The number of nitrogens with two attached hydrogens (primary N) is 4. The van der Waals surface area contributed by atoms with Gasteiger partial charge in [-0.15, -0.1) is 0 Å². The smallest absolute Gasteiger partial charge is 0.323 e. The van der Waals surface area contributed by atoms with Gasteiger partial charge in [-0.2, -0.15) is 0 Å². The molecule has 0 saturated heterocycles. The van der Waals surface area contributed by atoms with Crippen LogP contribution in [0, 0.1) is 0 Å². The Balaban J connectivity index is 5.15. The van der Waals surface area contributed by atoms with E-state index in [1.165, 1.54) is 0 Å². The number of hydrogen-bond acceptors (Lipinski definition) is 8. The average Bonchev–Trinajstić information content (AvgIpc) is 2.32. The van der Waals surface area contributed by atoms with Gasteiger partial charge in [0.1, 0.15) is 12.1 Å². The molecule has 0 heterocycles. The summed E-state index contributed by atoms with van der Waals surface area (Å²) >= 11 is 0. The number of carbonyl (C=O) groups excluding carboxylic acids is 2. The van der Waals surface area contributed by atoms with Crippen LogP contribution in [0.3, 0.4) is 0 Å². The predicted octanol–water partition coefficient (Wildman–Crippen LogP) is -3.10. The lowest BCUT2D eigenvalue weighted by Gasteiger charge is -2.29. The summed E-state index contributed by atoms with van der Waals surface area (Å²) in [4.78, 5) is 44.2. The van der Waals surface area contributed by atoms with Crippen molar-refractivity contribution in [2.75, 3.05) is 5.75 Å². The number of rotatable bonds is 9. The van der Waals surface area contributed by atoms with Gasteiger partial charge in [0.05, 0.1) is 0 Å². The number of carbonyl (C=O) groups is 4. The van der Waals surface area contributed by atoms with Gasteiger partial charge < -0.3 is 33.1 Å². The second kappa shape index (κ2) is 7.33. The highest BCUT2D eigenvalue weighted by atomic mass is 33.1. The van der Waals surface area contributed by atoms with Crippen LogP contribution in [-0.2, 0) is 19.2 Å². The fourth-order valence-corrected chi connectivity index (χ4v) is 3.92. The van der Waals surface area contributed by atoms with E-state index in [2.05, 4.69) is 0 Å². The van der Waals surface area contributed by atoms with E-state index >= 15 is 0 Å². The van der Waals surface area contributed by atoms with Gasteiger partial charge in [-0.05, 0) is 0 Å². The average molecular weight is 326 g/mol. The summed E-state index contributed by atoms with van der Waals surface area (Å²) in [5.74, 6) is -5.83. The van der Waals surface area contributed by atoms with E-state index in [0.29, 0.717) is 21.6 Å². The van der Waals surface area contributed by atoms with Crippen molar-refractivity contribution in [3.8, 4) is 0 Å². The molecule has 2 amide bonds. The van der Waals surface area contributed by atoms with Crippen LogP contribution in [0.4, 0.5) is 0 Å². The molecule has 2 atom stereocenters. The lowest BCUT2D eigenvalue weighted by molar-refractivity contribution is -0.144. The van der Waals surface area contributed by atoms with Gasteiger partial charge in [0, 0.05) is 5.75 Å². The third-order valence-corrected chi connectivity index (χ3v) is 5.27. The Morgan fingerprint density at radius 3 is 1.75 bits per heavy atom. The van der Waals surface area contributed by atoms with E-state index in [1.807, 2.05) is 0 Å². The molecular weight excluding hydrogens is 312 g/mol. The van der Waals surface area contributed by atoms with Gasteiger partial charge in [-0.3, -0.25) is 19.2 Å². The first-order chi connectivity index (χ1) is 9.07. The lowest BCUT2D eigenvalue weighted by Crippen LogP contribution is -2.64. The molecule has 0 aliphatic carbocycles. The van der Waals surface area contributed by atoms with Crippen LogP contribution in [0.1, 0.15) is 0 Å². The number of carboxylic acid groups (broad SMARTS) is 2. The van der Waals surface area contributed by atoms with Crippen molar-refractivity contribution >= 4 is 45.3 Å². The van der Waals surface area contributed by atoms with Crippen LogP contribution < -0.4 is 22.9 Å². The van der Waals surface area contributed by atoms with Crippen LogP contribution in [-0.4, -0.2) is 56.5 Å². The van der Waals surface area contributed by atoms with E-state index in [-0.39, 0.29) is 5.75 Å². The largest absolute Gasteiger partial charge is 0.480 e. The Kier molecular flexibility index (Phi) is 6.78. The Hall–Kier alpha value is -1.50. The highest BCUT2D eigenvalue weighted by Gasteiger charge is 2.53. The number of carboxylic acids is 2. The zero-order valence-corrected chi connectivity index (χ0v) is 11.6. The number of aliphatic carboxylic acids is 2. The second-order valence-electron chi connectivity index (χ2n) is 3.59. The molecule has 10 N–H and O–H groups in total. The van der Waals surface area contributed by atoms with E-state index in [9.17, 15) is 19.2 Å². The molecule has 0 aromatic rings. The van der Waals surface area contributed by atoms with Crippen molar-refractivity contribution in [3.63, 3.8) is 0 Å². The summed E-state index contributed by atoms with van der Waals surface area (Å²) in [5.41, 5.74) is 20.6. The minimum atomic E-state index is -2.41. The van der Waals surface area contributed by atoms with E-state index in [1.54, 1.807) is 0 Å². The van der Waals surface area contributed by atoms with Crippen molar-refractivity contribution in [2.45, 2.75) is 16.8 Å². The molecule has 0 spiro atoms. The first kappa shape index (κ1) is 18.5. The maximum Gasteiger partial charge on any atom is 0.323 e. The van der Waals surface area contributed by atoms with Crippen molar-refractivity contribution in [1.82, 2.24) is 0 Å². The SMILES string of the molecule is NC(=O)C(SSC[C@H](N)C(=O)O)(C(N)=O)[C@H](N)C(=O)O. The summed E-state index contributed by atoms with van der Waals surface area (Å²) in [6.07, 6.45) is 0. The molecule has 114 valence electrons. The van der Waals surface area contributed by atoms with Gasteiger partial charge in [0.2, 0.25) is 16.6 Å². The van der Waals surface area contributed by atoms with E-state index in [0.717, 1.165) is 0 Å².